The third-order valence-corrected chi connectivity index (χ3v) is 5.29. The predicted octanol–water partition coefficient (Wildman–Crippen LogP) is 4.37. The Labute approximate surface area is 174 Å². The molecule has 2 aromatic rings. The van der Waals surface area contributed by atoms with Gasteiger partial charge in [-0.05, 0) is 43.5 Å². The third kappa shape index (κ3) is 4.54. The molecule has 1 atom stereocenters. The lowest BCUT2D eigenvalue weighted by Gasteiger charge is -2.19. The van der Waals surface area contributed by atoms with Gasteiger partial charge in [-0.15, -0.1) is 0 Å². The van der Waals surface area contributed by atoms with E-state index in [0.29, 0.717) is 18.5 Å². The van der Waals surface area contributed by atoms with Crippen LogP contribution in [0.15, 0.2) is 54.4 Å². The molecular formula is C21H21F3N3O2P. The summed E-state index contributed by atoms with van der Waals surface area (Å²) in [6.07, 6.45) is 5.44. The zero-order valence-corrected chi connectivity index (χ0v) is 17.7. The molecule has 0 saturated heterocycles. The highest BCUT2D eigenvalue weighted by atomic mass is 31.0. The molecule has 1 aliphatic carbocycles. The van der Waals surface area contributed by atoms with E-state index in [1.54, 1.807) is 18.3 Å². The van der Waals surface area contributed by atoms with Gasteiger partial charge >= 0.3 is 0 Å². The maximum absolute atomic E-state index is 14.4. The lowest BCUT2D eigenvalue weighted by molar-refractivity contribution is -0.118. The number of amides is 1. The third-order valence-electron chi connectivity index (χ3n) is 4.92. The monoisotopic (exact) mass is 435 g/mol. The number of rotatable bonds is 7. The van der Waals surface area contributed by atoms with Gasteiger partial charge in [-0.2, -0.15) is 8.78 Å². The van der Waals surface area contributed by atoms with Crippen LogP contribution < -0.4 is 10.1 Å². The Bertz CT molecular complexity index is 1010. The molecule has 0 spiro atoms. The number of nitrogens with one attached hydrogen (secondary N) is 1. The first-order chi connectivity index (χ1) is 14.1. The van der Waals surface area contributed by atoms with Crippen molar-refractivity contribution in [3.05, 3.63) is 65.8 Å². The Hall–Kier alpha value is -2.73. The number of halogens is 3. The molecular weight excluding hydrogens is 414 g/mol. The standard InChI is InChI=1S/C21H21F3N3O2P/c1-12(10-13(2)21(23,24)30)18(28)27-20(7-8-20)14-4-5-16(26-11-14)15-6-9-25-19(29-3)17(15)22/h4-6,9-11H,2,7-8,30H2,1,3H3,(H,27,28)/b12-10+. The first kappa shape index (κ1) is 22.0. The first-order valence-corrected chi connectivity index (χ1v) is 9.67. The molecule has 1 fully saturated rings. The molecule has 0 aliphatic heterocycles. The molecule has 1 saturated carbocycles. The number of nitrogens with zero attached hydrogens (tertiary/aromatic N) is 2. The quantitative estimate of drug-likeness (QED) is 0.399. The summed E-state index contributed by atoms with van der Waals surface area (Å²) >= 11 is 0. The summed E-state index contributed by atoms with van der Waals surface area (Å²) in [6.45, 7) is 4.75. The zero-order valence-electron chi connectivity index (χ0n) is 16.5. The fraction of sp³-hybridized carbons (Fsp3) is 0.286. The van der Waals surface area contributed by atoms with Crippen LogP contribution in [0.2, 0.25) is 0 Å². The number of hydrogen-bond acceptors (Lipinski definition) is 4. The fourth-order valence-corrected chi connectivity index (χ4v) is 3.03. The van der Waals surface area contributed by atoms with E-state index in [1.807, 2.05) is 0 Å². The minimum Gasteiger partial charge on any atom is -0.479 e. The van der Waals surface area contributed by atoms with E-state index in [0.717, 1.165) is 11.6 Å². The van der Waals surface area contributed by atoms with Gasteiger partial charge in [0.2, 0.25) is 5.91 Å². The number of hydrogen-bond donors (Lipinski definition) is 1. The number of ether oxygens (including phenoxy) is 1. The smallest absolute Gasteiger partial charge is 0.283 e. The van der Waals surface area contributed by atoms with Gasteiger partial charge in [0.25, 0.3) is 11.5 Å². The lowest BCUT2D eigenvalue weighted by atomic mass is 10.0. The molecule has 1 aliphatic rings. The number of carbonyl (C=O) groups is 1. The Kier molecular flexibility index (Phi) is 5.99. The van der Waals surface area contributed by atoms with Crippen LogP contribution in [0.3, 0.4) is 0 Å². The maximum atomic E-state index is 14.4. The molecule has 1 N–H and O–H groups in total. The van der Waals surface area contributed by atoms with Crippen molar-refractivity contribution in [3.63, 3.8) is 0 Å². The largest absolute Gasteiger partial charge is 0.479 e. The van der Waals surface area contributed by atoms with Crippen LogP contribution in [0.4, 0.5) is 13.2 Å². The van der Waals surface area contributed by atoms with Crippen molar-refractivity contribution in [1.82, 2.24) is 15.3 Å². The summed E-state index contributed by atoms with van der Waals surface area (Å²) < 4.78 is 45.8. The van der Waals surface area contributed by atoms with Gasteiger partial charge in [-0.1, -0.05) is 21.9 Å². The van der Waals surface area contributed by atoms with Gasteiger partial charge in [0.15, 0.2) is 5.82 Å². The predicted molar refractivity (Wildman–Crippen MR) is 111 cm³/mol. The summed E-state index contributed by atoms with van der Waals surface area (Å²) in [5.41, 5.74) is -2.73. The van der Waals surface area contributed by atoms with Gasteiger partial charge in [0, 0.05) is 29.1 Å². The Balaban J connectivity index is 1.78. The van der Waals surface area contributed by atoms with Gasteiger partial charge in [0.1, 0.15) is 0 Å². The maximum Gasteiger partial charge on any atom is 0.283 e. The van der Waals surface area contributed by atoms with E-state index in [9.17, 15) is 18.0 Å². The summed E-state index contributed by atoms with van der Waals surface area (Å²) in [5.74, 6) is -1.19. The van der Waals surface area contributed by atoms with Crippen LogP contribution in [0.1, 0.15) is 25.3 Å². The van der Waals surface area contributed by atoms with E-state index in [4.69, 9.17) is 4.74 Å². The Morgan fingerprint density at radius 2 is 2.03 bits per heavy atom. The minimum absolute atomic E-state index is 0.121. The van der Waals surface area contributed by atoms with Gasteiger partial charge in [-0.25, -0.2) is 9.37 Å². The van der Waals surface area contributed by atoms with Crippen molar-refractivity contribution >= 4 is 15.1 Å². The molecule has 1 unspecified atom stereocenters. The molecule has 1 amide bonds. The average Bonchev–Trinajstić information content (AvgIpc) is 3.48. The van der Waals surface area contributed by atoms with Crippen LogP contribution in [0.5, 0.6) is 5.88 Å². The van der Waals surface area contributed by atoms with Crippen molar-refractivity contribution in [2.45, 2.75) is 31.0 Å². The number of carbonyl (C=O) groups excluding carboxylic acids is 1. The summed E-state index contributed by atoms with van der Waals surface area (Å²) in [5, 5.41) is 2.88. The molecule has 0 bridgehead atoms. The average molecular weight is 435 g/mol. The van der Waals surface area contributed by atoms with Crippen LogP contribution >= 0.6 is 9.24 Å². The van der Waals surface area contributed by atoms with Crippen molar-refractivity contribution in [2.75, 3.05) is 7.11 Å². The highest BCUT2D eigenvalue weighted by Crippen LogP contribution is 2.46. The second kappa shape index (κ2) is 8.19. The molecule has 158 valence electrons. The second-order valence-corrected chi connectivity index (χ2v) is 7.85. The van der Waals surface area contributed by atoms with Crippen molar-refractivity contribution < 1.29 is 22.7 Å². The molecule has 5 nitrogen and oxygen atoms in total. The lowest BCUT2D eigenvalue weighted by Crippen LogP contribution is -2.35. The minimum atomic E-state index is -3.18. The number of allylic oxidation sites excluding steroid dienone is 2. The van der Waals surface area contributed by atoms with Crippen molar-refractivity contribution in [1.29, 1.82) is 0 Å². The first-order valence-electron chi connectivity index (χ1n) is 9.10. The highest BCUT2D eigenvalue weighted by molar-refractivity contribution is 7.18. The van der Waals surface area contributed by atoms with Crippen LogP contribution in [-0.4, -0.2) is 28.6 Å². The van der Waals surface area contributed by atoms with E-state index in [-0.39, 0.29) is 17.0 Å². The number of aromatic nitrogens is 2. The Morgan fingerprint density at radius 1 is 1.33 bits per heavy atom. The summed E-state index contributed by atoms with van der Waals surface area (Å²) in [6, 6.07) is 4.91. The number of methoxy groups -OCH3 is 1. The van der Waals surface area contributed by atoms with E-state index < -0.39 is 28.5 Å². The molecule has 0 aromatic carbocycles. The van der Waals surface area contributed by atoms with Crippen LogP contribution in [-0.2, 0) is 10.3 Å². The van der Waals surface area contributed by atoms with Crippen LogP contribution in [0, 0.1) is 5.82 Å². The van der Waals surface area contributed by atoms with Gasteiger partial charge < -0.3 is 10.1 Å². The molecule has 30 heavy (non-hydrogen) atoms. The topological polar surface area (TPSA) is 64.1 Å². The molecule has 3 rings (SSSR count). The van der Waals surface area contributed by atoms with Crippen LogP contribution in [0.25, 0.3) is 11.3 Å². The SMILES string of the molecule is C=C(/C=C(\C)C(=O)NC1(c2ccc(-c3ccnc(OC)c3F)nc2)CC1)C(F)(F)P. The van der Waals surface area contributed by atoms with Gasteiger partial charge in [0.05, 0.1) is 18.3 Å². The van der Waals surface area contributed by atoms with Crippen molar-refractivity contribution in [2.24, 2.45) is 0 Å². The van der Waals surface area contributed by atoms with Crippen molar-refractivity contribution in [3.8, 4) is 17.1 Å². The summed E-state index contributed by atoms with van der Waals surface area (Å²) in [4.78, 5) is 20.6. The van der Waals surface area contributed by atoms with E-state index >= 15 is 0 Å². The molecule has 2 aromatic heterocycles. The normalized spacial score (nSPS) is 15.5. The zero-order chi connectivity index (χ0) is 22.1. The van der Waals surface area contributed by atoms with E-state index in [1.165, 1.54) is 35.5 Å². The molecule has 0 radical (unpaired) electrons. The number of alkyl halides is 2. The molecule has 2 heterocycles. The summed E-state index contributed by atoms with van der Waals surface area (Å²) in [7, 11) is 2.72. The number of pyridine rings is 2. The second-order valence-electron chi connectivity index (χ2n) is 7.13. The fourth-order valence-electron chi connectivity index (χ4n) is 2.95. The van der Waals surface area contributed by atoms with E-state index in [2.05, 4.69) is 21.9 Å². The Morgan fingerprint density at radius 3 is 2.57 bits per heavy atom. The van der Waals surface area contributed by atoms with Gasteiger partial charge in [-0.3, -0.25) is 9.78 Å². The highest BCUT2D eigenvalue weighted by Gasteiger charge is 2.46. The molecule has 9 heteroatoms.